The van der Waals surface area contributed by atoms with Gasteiger partial charge in [-0.1, -0.05) is 19.3 Å². The highest BCUT2D eigenvalue weighted by molar-refractivity contribution is 4.80. The van der Waals surface area contributed by atoms with E-state index in [2.05, 4.69) is 5.32 Å². The zero-order valence-electron chi connectivity index (χ0n) is 9.17. The van der Waals surface area contributed by atoms with Crippen LogP contribution in [0.5, 0.6) is 0 Å². The van der Waals surface area contributed by atoms with E-state index in [1.165, 1.54) is 51.5 Å². The smallest absolute Gasteiger partial charge is 0.00792 e. The molecule has 0 amide bonds. The van der Waals surface area contributed by atoms with Gasteiger partial charge < -0.3 is 11.1 Å². The topological polar surface area (TPSA) is 38.0 Å². The van der Waals surface area contributed by atoms with E-state index in [0.717, 1.165) is 18.4 Å². The summed E-state index contributed by atoms with van der Waals surface area (Å²) >= 11 is 0. The van der Waals surface area contributed by atoms with Crippen LogP contribution in [0.1, 0.15) is 44.9 Å². The molecule has 2 heteroatoms. The van der Waals surface area contributed by atoms with Crippen molar-refractivity contribution in [3.05, 3.63) is 0 Å². The van der Waals surface area contributed by atoms with Gasteiger partial charge in [-0.05, 0) is 50.6 Å². The first-order valence-electron chi connectivity index (χ1n) is 6.32. The quantitative estimate of drug-likeness (QED) is 0.674. The third-order valence-corrected chi connectivity index (χ3v) is 3.75. The standard InChI is InChI=1S/C12H24N2/c13-12-5-3-1-2-4-11(12)9-14-8-10-6-7-10/h10-12,14H,1-9,13H2. The van der Waals surface area contributed by atoms with E-state index in [-0.39, 0.29) is 0 Å². The van der Waals surface area contributed by atoms with Gasteiger partial charge in [0.2, 0.25) is 0 Å². The van der Waals surface area contributed by atoms with Crippen molar-refractivity contribution < 1.29 is 0 Å². The highest BCUT2D eigenvalue weighted by Gasteiger charge is 2.23. The van der Waals surface area contributed by atoms with E-state index >= 15 is 0 Å². The van der Waals surface area contributed by atoms with Crippen LogP contribution < -0.4 is 11.1 Å². The molecule has 14 heavy (non-hydrogen) atoms. The average Bonchev–Trinajstić information content (AvgIpc) is 2.97. The number of rotatable bonds is 4. The van der Waals surface area contributed by atoms with Crippen LogP contribution in [-0.4, -0.2) is 19.1 Å². The van der Waals surface area contributed by atoms with Gasteiger partial charge in [0, 0.05) is 6.04 Å². The number of nitrogens with two attached hydrogens (primary N) is 1. The van der Waals surface area contributed by atoms with Gasteiger partial charge in [-0.3, -0.25) is 0 Å². The lowest BCUT2D eigenvalue weighted by Gasteiger charge is -2.21. The molecule has 0 aromatic rings. The van der Waals surface area contributed by atoms with Crippen LogP contribution in [-0.2, 0) is 0 Å². The highest BCUT2D eigenvalue weighted by atomic mass is 14.9. The van der Waals surface area contributed by atoms with Gasteiger partial charge in [-0.25, -0.2) is 0 Å². The molecule has 0 bridgehead atoms. The average molecular weight is 196 g/mol. The van der Waals surface area contributed by atoms with E-state index in [0.29, 0.717) is 6.04 Å². The molecule has 2 fully saturated rings. The molecule has 3 N–H and O–H groups in total. The summed E-state index contributed by atoms with van der Waals surface area (Å²) in [5.74, 6) is 1.74. The summed E-state index contributed by atoms with van der Waals surface area (Å²) in [6.45, 7) is 2.40. The van der Waals surface area contributed by atoms with Crippen LogP contribution in [0.25, 0.3) is 0 Å². The van der Waals surface area contributed by atoms with Crippen LogP contribution in [0.3, 0.4) is 0 Å². The third kappa shape index (κ3) is 3.25. The molecule has 2 aliphatic rings. The molecule has 2 unspecified atom stereocenters. The molecule has 0 aromatic carbocycles. The Kier molecular flexibility index (Phi) is 3.82. The van der Waals surface area contributed by atoms with Crippen molar-refractivity contribution >= 4 is 0 Å². The lowest BCUT2D eigenvalue weighted by Crippen LogP contribution is -2.37. The van der Waals surface area contributed by atoms with Crippen LogP contribution in [0.2, 0.25) is 0 Å². The SMILES string of the molecule is NC1CCCCCC1CNCC1CC1. The molecule has 2 atom stereocenters. The van der Waals surface area contributed by atoms with Gasteiger partial charge in [0.15, 0.2) is 0 Å². The maximum atomic E-state index is 6.17. The summed E-state index contributed by atoms with van der Waals surface area (Å²) in [7, 11) is 0. The summed E-state index contributed by atoms with van der Waals surface area (Å²) in [6.07, 6.45) is 9.62. The minimum Gasteiger partial charge on any atom is -0.327 e. The maximum absolute atomic E-state index is 6.17. The lowest BCUT2D eigenvalue weighted by molar-refractivity contribution is 0.372. The van der Waals surface area contributed by atoms with Gasteiger partial charge in [0.05, 0.1) is 0 Å². The Morgan fingerprint density at radius 1 is 0.929 bits per heavy atom. The van der Waals surface area contributed by atoms with Crippen molar-refractivity contribution in [1.82, 2.24) is 5.32 Å². The van der Waals surface area contributed by atoms with Gasteiger partial charge in [-0.15, -0.1) is 0 Å². The largest absolute Gasteiger partial charge is 0.327 e. The van der Waals surface area contributed by atoms with Gasteiger partial charge in [0.25, 0.3) is 0 Å². The molecule has 82 valence electrons. The Labute approximate surface area is 87.6 Å². The first-order chi connectivity index (χ1) is 6.86. The molecule has 0 spiro atoms. The molecule has 0 aliphatic heterocycles. The second-order valence-corrected chi connectivity index (χ2v) is 5.16. The summed E-state index contributed by atoms with van der Waals surface area (Å²) in [4.78, 5) is 0. The maximum Gasteiger partial charge on any atom is 0.00792 e. The highest BCUT2D eigenvalue weighted by Crippen LogP contribution is 2.28. The fourth-order valence-corrected chi connectivity index (χ4v) is 2.46. The second kappa shape index (κ2) is 5.13. The normalized spacial score (nSPS) is 34.1. The predicted octanol–water partition coefficient (Wildman–Crippen LogP) is 1.89. The van der Waals surface area contributed by atoms with E-state index in [9.17, 15) is 0 Å². The van der Waals surface area contributed by atoms with Crippen LogP contribution in [0, 0.1) is 11.8 Å². The molecule has 2 nitrogen and oxygen atoms in total. The molecular weight excluding hydrogens is 172 g/mol. The van der Waals surface area contributed by atoms with E-state index < -0.39 is 0 Å². The van der Waals surface area contributed by atoms with Gasteiger partial charge in [-0.2, -0.15) is 0 Å². The van der Waals surface area contributed by atoms with Crippen LogP contribution in [0.15, 0.2) is 0 Å². The van der Waals surface area contributed by atoms with Crippen molar-refractivity contribution in [2.24, 2.45) is 17.6 Å². The number of hydrogen-bond donors (Lipinski definition) is 2. The summed E-state index contributed by atoms with van der Waals surface area (Å²) < 4.78 is 0. The molecule has 2 aliphatic carbocycles. The first-order valence-corrected chi connectivity index (χ1v) is 6.32. The Balaban J connectivity index is 1.64. The molecular formula is C12H24N2. The minimum absolute atomic E-state index is 0.462. The third-order valence-electron chi connectivity index (χ3n) is 3.75. The molecule has 2 saturated carbocycles. The van der Waals surface area contributed by atoms with Crippen molar-refractivity contribution in [2.75, 3.05) is 13.1 Å². The first kappa shape index (κ1) is 10.4. The number of nitrogens with one attached hydrogen (secondary N) is 1. The second-order valence-electron chi connectivity index (χ2n) is 5.16. The summed E-state index contributed by atoms with van der Waals surface area (Å²) in [5, 5.41) is 3.60. The minimum atomic E-state index is 0.462. The van der Waals surface area contributed by atoms with Gasteiger partial charge in [0.1, 0.15) is 0 Å². The molecule has 0 saturated heterocycles. The fraction of sp³-hybridized carbons (Fsp3) is 1.00. The molecule has 2 rings (SSSR count). The van der Waals surface area contributed by atoms with Crippen molar-refractivity contribution in [2.45, 2.75) is 51.0 Å². The van der Waals surface area contributed by atoms with Crippen LogP contribution in [0.4, 0.5) is 0 Å². The van der Waals surface area contributed by atoms with Gasteiger partial charge >= 0.3 is 0 Å². The molecule has 0 heterocycles. The number of hydrogen-bond acceptors (Lipinski definition) is 2. The Bertz CT molecular complexity index is 166. The lowest BCUT2D eigenvalue weighted by atomic mass is 9.95. The Morgan fingerprint density at radius 2 is 1.71 bits per heavy atom. The van der Waals surface area contributed by atoms with Crippen molar-refractivity contribution in [3.8, 4) is 0 Å². The van der Waals surface area contributed by atoms with Crippen molar-refractivity contribution in [1.29, 1.82) is 0 Å². The zero-order valence-corrected chi connectivity index (χ0v) is 9.17. The molecule has 0 aromatic heterocycles. The molecule has 0 radical (unpaired) electrons. The Morgan fingerprint density at radius 3 is 2.50 bits per heavy atom. The van der Waals surface area contributed by atoms with Crippen molar-refractivity contribution in [3.63, 3.8) is 0 Å². The summed E-state index contributed by atoms with van der Waals surface area (Å²) in [6, 6.07) is 0.462. The Hall–Kier alpha value is -0.0800. The van der Waals surface area contributed by atoms with E-state index in [1.54, 1.807) is 0 Å². The predicted molar refractivity (Wildman–Crippen MR) is 60.1 cm³/mol. The summed E-state index contributed by atoms with van der Waals surface area (Å²) in [5.41, 5.74) is 6.17. The van der Waals surface area contributed by atoms with Crippen LogP contribution >= 0.6 is 0 Å². The van der Waals surface area contributed by atoms with E-state index in [4.69, 9.17) is 5.73 Å². The fourth-order valence-electron chi connectivity index (χ4n) is 2.46. The zero-order chi connectivity index (χ0) is 9.80. The van der Waals surface area contributed by atoms with E-state index in [1.807, 2.05) is 0 Å². The monoisotopic (exact) mass is 196 g/mol.